The van der Waals surface area contributed by atoms with Gasteiger partial charge in [-0.3, -0.25) is 4.79 Å². The maximum atomic E-state index is 11.8. The van der Waals surface area contributed by atoms with Crippen molar-refractivity contribution < 1.29 is 18.3 Å². The molecule has 2 rings (SSSR count). The van der Waals surface area contributed by atoms with E-state index in [2.05, 4.69) is 21.2 Å². The molecule has 0 spiro atoms. The molecule has 0 heterocycles. The maximum absolute atomic E-state index is 11.8. The summed E-state index contributed by atoms with van der Waals surface area (Å²) in [5.41, 5.74) is 1.84. The topological polar surface area (TPSA) is 83.5 Å². The van der Waals surface area contributed by atoms with Crippen molar-refractivity contribution in [2.45, 2.75) is 11.4 Å². The van der Waals surface area contributed by atoms with Crippen molar-refractivity contribution in [1.82, 2.24) is 0 Å². The van der Waals surface area contributed by atoms with Crippen LogP contribution in [0.3, 0.4) is 0 Å². The number of sulfone groups is 1. The fourth-order valence-corrected chi connectivity index (χ4v) is 3.37. The van der Waals surface area contributed by atoms with Crippen LogP contribution in [0.2, 0.25) is 0 Å². The van der Waals surface area contributed by atoms with Crippen LogP contribution in [0.15, 0.2) is 57.9 Å². The van der Waals surface area contributed by atoms with E-state index in [0.717, 1.165) is 15.7 Å². The molecule has 0 saturated heterocycles. The number of benzene rings is 2. The molecule has 0 aliphatic carbocycles. The number of nitrogens with one attached hydrogen (secondary N) is 1. The lowest BCUT2D eigenvalue weighted by molar-refractivity contribution is -0.134. The van der Waals surface area contributed by atoms with Crippen LogP contribution in [-0.2, 0) is 21.2 Å². The normalized spacial score (nSPS) is 11.1. The molecule has 22 heavy (non-hydrogen) atoms. The largest absolute Gasteiger partial charge is 0.480 e. The first kappa shape index (κ1) is 16.5. The number of aliphatic carboxylic acids is 1. The summed E-state index contributed by atoms with van der Waals surface area (Å²) in [4.78, 5) is 10.5. The zero-order chi connectivity index (χ0) is 16.2. The number of carbonyl (C=O) groups is 1. The molecule has 0 saturated carbocycles. The Kier molecular flexibility index (Phi) is 5.20. The third kappa shape index (κ3) is 4.57. The molecule has 2 aromatic carbocycles. The third-order valence-corrected chi connectivity index (χ3v) is 5.02. The highest BCUT2D eigenvalue weighted by molar-refractivity contribution is 9.10. The minimum absolute atomic E-state index is 0.00269. The second kappa shape index (κ2) is 6.93. The van der Waals surface area contributed by atoms with Crippen LogP contribution in [0.4, 0.5) is 5.69 Å². The molecule has 0 unspecified atom stereocenters. The summed E-state index contributed by atoms with van der Waals surface area (Å²) in [7, 11) is -3.78. The monoisotopic (exact) mass is 383 g/mol. The first-order valence-electron chi connectivity index (χ1n) is 6.40. The van der Waals surface area contributed by atoms with Gasteiger partial charge in [0.15, 0.2) is 15.6 Å². The molecule has 0 amide bonds. The molecular weight excluding hydrogens is 370 g/mol. The Balaban J connectivity index is 2.05. The Morgan fingerprint density at radius 1 is 1.14 bits per heavy atom. The number of halogens is 1. The number of hydrogen-bond donors (Lipinski definition) is 2. The predicted molar refractivity (Wildman–Crippen MR) is 87.6 cm³/mol. The van der Waals surface area contributed by atoms with Gasteiger partial charge in [-0.1, -0.05) is 28.1 Å². The molecule has 0 radical (unpaired) electrons. The molecule has 2 aromatic rings. The summed E-state index contributed by atoms with van der Waals surface area (Å²) in [6.07, 6.45) is 0. The van der Waals surface area contributed by atoms with Crippen molar-refractivity contribution in [3.8, 4) is 0 Å². The summed E-state index contributed by atoms with van der Waals surface area (Å²) < 4.78 is 24.5. The summed E-state index contributed by atoms with van der Waals surface area (Å²) in [6.45, 7) is 0.598. The van der Waals surface area contributed by atoms with Crippen molar-refractivity contribution in [1.29, 1.82) is 0 Å². The van der Waals surface area contributed by atoms with Gasteiger partial charge >= 0.3 is 5.97 Å². The molecule has 0 aliphatic heterocycles. The fraction of sp³-hybridized carbons (Fsp3) is 0.133. The lowest BCUT2D eigenvalue weighted by Crippen LogP contribution is -2.15. The lowest BCUT2D eigenvalue weighted by Gasteiger charge is -2.08. The van der Waals surface area contributed by atoms with Gasteiger partial charge in [0.1, 0.15) is 0 Å². The van der Waals surface area contributed by atoms with E-state index in [9.17, 15) is 13.2 Å². The molecule has 116 valence electrons. The van der Waals surface area contributed by atoms with Gasteiger partial charge in [0.05, 0.1) is 4.90 Å². The van der Waals surface area contributed by atoms with Crippen LogP contribution in [0.5, 0.6) is 0 Å². The average molecular weight is 384 g/mol. The second-order valence-electron chi connectivity index (χ2n) is 4.66. The minimum atomic E-state index is -3.78. The van der Waals surface area contributed by atoms with E-state index < -0.39 is 21.6 Å². The van der Waals surface area contributed by atoms with Crippen molar-refractivity contribution in [2.24, 2.45) is 0 Å². The third-order valence-electron chi connectivity index (χ3n) is 2.91. The zero-order valence-electron chi connectivity index (χ0n) is 11.5. The van der Waals surface area contributed by atoms with Crippen molar-refractivity contribution in [3.05, 3.63) is 58.6 Å². The van der Waals surface area contributed by atoms with Gasteiger partial charge in [-0.05, 0) is 42.0 Å². The zero-order valence-corrected chi connectivity index (χ0v) is 13.9. The predicted octanol–water partition coefficient (Wildman–Crippen LogP) is 2.92. The molecule has 2 N–H and O–H groups in total. The Morgan fingerprint density at radius 3 is 2.41 bits per heavy atom. The fourth-order valence-electron chi connectivity index (χ4n) is 1.88. The van der Waals surface area contributed by atoms with E-state index >= 15 is 0 Å². The molecule has 7 heteroatoms. The van der Waals surface area contributed by atoms with E-state index in [-0.39, 0.29) is 4.90 Å². The maximum Gasteiger partial charge on any atom is 0.319 e. The van der Waals surface area contributed by atoms with Gasteiger partial charge in [-0.25, -0.2) is 8.42 Å². The highest BCUT2D eigenvalue weighted by atomic mass is 79.9. The smallest absolute Gasteiger partial charge is 0.319 e. The Labute approximate surface area is 137 Å². The number of rotatable bonds is 6. The summed E-state index contributed by atoms with van der Waals surface area (Å²) in [6, 6.07) is 13.9. The lowest BCUT2D eigenvalue weighted by atomic mass is 10.2. The molecule has 0 fully saturated rings. The van der Waals surface area contributed by atoms with Crippen molar-refractivity contribution >= 4 is 37.4 Å². The number of anilines is 1. The molecular formula is C15H14BrNO4S. The molecule has 0 bridgehead atoms. The SMILES string of the molecule is O=C(O)CS(=O)(=O)c1ccc(NCc2cccc(Br)c2)cc1. The summed E-state index contributed by atoms with van der Waals surface area (Å²) in [5, 5.41) is 11.8. The molecule has 0 aromatic heterocycles. The Morgan fingerprint density at radius 2 is 1.82 bits per heavy atom. The first-order chi connectivity index (χ1) is 10.4. The van der Waals surface area contributed by atoms with E-state index in [0.29, 0.717) is 6.54 Å². The Bertz CT molecular complexity index is 772. The molecule has 0 aliphatic rings. The van der Waals surface area contributed by atoms with Crippen LogP contribution >= 0.6 is 15.9 Å². The van der Waals surface area contributed by atoms with Gasteiger partial charge in [0, 0.05) is 16.7 Å². The van der Waals surface area contributed by atoms with Gasteiger partial charge in [-0.15, -0.1) is 0 Å². The standard InChI is InChI=1S/C15H14BrNO4S/c16-12-3-1-2-11(8-12)9-17-13-4-6-14(7-5-13)22(20,21)10-15(18)19/h1-8,17H,9-10H2,(H,18,19). The molecule has 5 nitrogen and oxygen atoms in total. The van der Waals surface area contributed by atoms with Crippen LogP contribution in [0.1, 0.15) is 5.56 Å². The van der Waals surface area contributed by atoms with Crippen LogP contribution in [0.25, 0.3) is 0 Å². The van der Waals surface area contributed by atoms with Gasteiger partial charge in [-0.2, -0.15) is 0 Å². The number of carboxylic acids is 1. The van der Waals surface area contributed by atoms with Crippen molar-refractivity contribution in [3.63, 3.8) is 0 Å². The number of hydrogen-bond acceptors (Lipinski definition) is 4. The second-order valence-corrected chi connectivity index (χ2v) is 7.57. The van der Waals surface area contributed by atoms with Gasteiger partial charge < -0.3 is 10.4 Å². The van der Waals surface area contributed by atoms with Crippen molar-refractivity contribution in [2.75, 3.05) is 11.1 Å². The summed E-state index contributed by atoms with van der Waals surface area (Å²) >= 11 is 3.40. The first-order valence-corrected chi connectivity index (χ1v) is 8.84. The van der Waals surface area contributed by atoms with E-state index in [1.54, 1.807) is 12.1 Å². The highest BCUT2D eigenvalue weighted by Gasteiger charge is 2.18. The van der Waals surface area contributed by atoms with E-state index in [1.807, 2.05) is 24.3 Å². The molecule has 0 atom stereocenters. The number of carboxylic acid groups (broad SMARTS) is 1. The van der Waals surface area contributed by atoms with Crippen LogP contribution in [0, 0.1) is 0 Å². The van der Waals surface area contributed by atoms with E-state index in [1.165, 1.54) is 12.1 Å². The average Bonchev–Trinajstić information content (AvgIpc) is 2.44. The van der Waals surface area contributed by atoms with Gasteiger partial charge in [0.2, 0.25) is 0 Å². The van der Waals surface area contributed by atoms with Gasteiger partial charge in [0.25, 0.3) is 0 Å². The van der Waals surface area contributed by atoms with Crippen LogP contribution < -0.4 is 5.32 Å². The quantitative estimate of drug-likeness (QED) is 0.800. The minimum Gasteiger partial charge on any atom is -0.480 e. The van der Waals surface area contributed by atoms with Crippen LogP contribution in [-0.4, -0.2) is 25.2 Å². The highest BCUT2D eigenvalue weighted by Crippen LogP contribution is 2.17. The summed E-state index contributed by atoms with van der Waals surface area (Å²) in [5.74, 6) is -2.27. The van der Waals surface area contributed by atoms with E-state index in [4.69, 9.17) is 5.11 Å². The Hall–Kier alpha value is -1.86.